The molecule has 0 aromatic carbocycles. The van der Waals surface area contributed by atoms with Gasteiger partial charge in [0.1, 0.15) is 0 Å². The number of hydrogen-bond donors (Lipinski definition) is 0. The summed E-state index contributed by atoms with van der Waals surface area (Å²) in [5.41, 5.74) is 2.38. The van der Waals surface area contributed by atoms with E-state index in [2.05, 4.69) is 43.9 Å². The standard InChI is InChI=1S/C13H24P2Si2/c1-16(2,3)12-14-11-9-7-8-10(11)13(8,15(9)12)17(4,5)6/h8-11H,7H2,1-6H3. The van der Waals surface area contributed by atoms with Crippen LogP contribution in [0.15, 0.2) is 0 Å². The third-order valence-electron chi connectivity index (χ3n) is 5.76. The lowest BCUT2D eigenvalue weighted by Crippen LogP contribution is -2.44. The van der Waals surface area contributed by atoms with Gasteiger partial charge in [-0.05, 0) is 33.4 Å². The highest BCUT2D eigenvalue weighted by Crippen LogP contribution is 2.95. The average Bonchev–Trinajstić information content (AvgIpc) is 2.53. The molecule has 0 aromatic rings. The first kappa shape index (κ1) is 11.8. The third-order valence-corrected chi connectivity index (χ3v) is 23.6. The Morgan fingerprint density at radius 1 is 1.18 bits per heavy atom. The van der Waals surface area contributed by atoms with Gasteiger partial charge in [-0.25, -0.2) is 0 Å². The van der Waals surface area contributed by atoms with E-state index in [0.29, 0.717) is 7.92 Å². The SMILES string of the molecule is C[Si](C)(C)C1=PC2C3CC4C2C4([Si](C)(C)C)P13. The summed E-state index contributed by atoms with van der Waals surface area (Å²) in [6, 6.07) is 0. The Labute approximate surface area is 111 Å². The first-order valence-electron chi connectivity index (χ1n) is 7.08. The Morgan fingerprint density at radius 3 is 2.29 bits per heavy atom. The summed E-state index contributed by atoms with van der Waals surface area (Å²) in [5, 5.41) is 0. The zero-order valence-electron chi connectivity index (χ0n) is 11.9. The molecule has 0 amide bonds. The van der Waals surface area contributed by atoms with Crippen LogP contribution < -0.4 is 0 Å². The normalized spacial score (nSPS) is 55.2. The van der Waals surface area contributed by atoms with Gasteiger partial charge in [0, 0.05) is 5.66 Å². The zero-order valence-corrected chi connectivity index (χ0v) is 15.7. The Hall–Kier alpha value is 1.03. The van der Waals surface area contributed by atoms with Crippen LogP contribution in [0.25, 0.3) is 0 Å². The Morgan fingerprint density at radius 2 is 1.82 bits per heavy atom. The highest BCUT2D eigenvalue weighted by molar-refractivity contribution is 7.99. The van der Waals surface area contributed by atoms with Gasteiger partial charge in [0.2, 0.25) is 0 Å². The molecule has 0 aromatic heterocycles. The maximum Gasteiger partial charge on any atom is 0.0837 e. The van der Waals surface area contributed by atoms with Gasteiger partial charge in [0.15, 0.2) is 0 Å². The Balaban J connectivity index is 1.84. The Kier molecular flexibility index (Phi) is 2.00. The summed E-state index contributed by atoms with van der Waals surface area (Å²) in [6.07, 6.45) is 1.66. The van der Waals surface area contributed by atoms with Crippen LogP contribution in [0.4, 0.5) is 0 Å². The van der Waals surface area contributed by atoms with Gasteiger partial charge < -0.3 is 0 Å². The van der Waals surface area contributed by atoms with E-state index in [1.54, 1.807) is 6.42 Å². The molecule has 6 unspecified atom stereocenters. The maximum atomic E-state index is 2.68. The molecule has 4 fully saturated rings. The lowest BCUT2D eigenvalue weighted by atomic mass is 10.2. The molecule has 0 radical (unpaired) electrons. The van der Waals surface area contributed by atoms with Crippen molar-refractivity contribution in [2.45, 2.75) is 61.8 Å². The fourth-order valence-electron chi connectivity index (χ4n) is 5.48. The molecule has 0 N–H and O–H groups in total. The number of hydrogen-bond acceptors (Lipinski definition) is 0. The summed E-state index contributed by atoms with van der Waals surface area (Å²) >= 11 is 0. The maximum absolute atomic E-state index is 2.68. The minimum Gasteiger partial charge on any atom is -0.101 e. The van der Waals surface area contributed by atoms with Crippen molar-refractivity contribution < 1.29 is 0 Å². The quantitative estimate of drug-likeness (QED) is 0.522. The average molecular weight is 298 g/mol. The number of rotatable bonds is 2. The van der Waals surface area contributed by atoms with Crippen LogP contribution in [0.5, 0.6) is 0 Å². The molecule has 6 bridgehead atoms. The van der Waals surface area contributed by atoms with Crippen molar-refractivity contribution in [1.29, 1.82) is 0 Å². The highest BCUT2D eigenvalue weighted by atomic mass is 31.2. The molecule has 0 nitrogen and oxygen atoms in total. The predicted molar refractivity (Wildman–Crippen MR) is 87.4 cm³/mol. The minimum atomic E-state index is -0.979. The molecule has 4 heteroatoms. The lowest BCUT2D eigenvalue weighted by Gasteiger charge is -2.38. The predicted octanol–water partition coefficient (Wildman–Crippen LogP) is 4.45. The first-order chi connectivity index (χ1) is 7.70. The van der Waals surface area contributed by atoms with Crippen LogP contribution in [0.3, 0.4) is 0 Å². The van der Waals surface area contributed by atoms with E-state index in [1.807, 2.05) is 8.20 Å². The molecule has 0 spiro atoms. The van der Waals surface area contributed by atoms with Gasteiger partial charge >= 0.3 is 0 Å². The van der Waals surface area contributed by atoms with Crippen molar-refractivity contribution in [1.82, 2.24) is 0 Å². The second-order valence-electron chi connectivity index (χ2n) is 8.57. The molecule has 2 saturated heterocycles. The molecule has 94 valence electrons. The van der Waals surface area contributed by atoms with Gasteiger partial charge in [-0.2, -0.15) is 0 Å². The first-order valence-corrected chi connectivity index (χ1v) is 16.5. The molecule has 17 heavy (non-hydrogen) atoms. The van der Waals surface area contributed by atoms with E-state index in [4.69, 9.17) is 0 Å². The largest absolute Gasteiger partial charge is 0.101 e. The lowest BCUT2D eigenvalue weighted by molar-refractivity contribution is 0.793. The summed E-state index contributed by atoms with van der Waals surface area (Å²) in [6.45, 7) is 15.9. The van der Waals surface area contributed by atoms with Crippen LogP contribution in [0.1, 0.15) is 6.42 Å². The smallest absolute Gasteiger partial charge is 0.0837 e. The van der Waals surface area contributed by atoms with Crippen LogP contribution in [-0.2, 0) is 0 Å². The monoisotopic (exact) mass is 298 g/mol. The van der Waals surface area contributed by atoms with E-state index >= 15 is 0 Å². The third kappa shape index (κ3) is 1.07. The summed E-state index contributed by atoms with van der Waals surface area (Å²) in [5.74, 6) is 2.45. The van der Waals surface area contributed by atoms with Crippen LogP contribution in [0.2, 0.25) is 39.3 Å². The molecular formula is C13H24P2Si2. The zero-order chi connectivity index (χ0) is 12.4. The van der Waals surface area contributed by atoms with E-state index in [9.17, 15) is 0 Å². The highest BCUT2D eigenvalue weighted by Gasteiger charge is 2.88. The van der Waals surface area contributed by atoms with E-state index in [0.717, 1.165) is 4.78 Å². The van der Waals surface area contributed by atoms with Crippen molar-refractivity contribution in [2.24, 2.45) is 11.8 Å². The van der Waals surface area contributed by atoms with E-state index in [-0.39, 0.29) is 0 Å². The second kappa shape index (κ2) is 2.87. The van der Waals surface area contributed by atoms with Gasteiger partial charge in [-0.1, -0.05) is 47.2 Å². The van der Waals surface area contributed by atoms with Crippen LogP contribution >= 0.6 is 16.1 Å². The van der Waals surface area contributed by atoms with E-state index in [1.165, 1.54) is 23.2 Å². The Bertz CT molecular complexity index is 445. The van der Waals surface area contributed by atoms with Crippen LogP contribution in [0, 0.1) is 11.8 Å². The summed E-state index contributed by atoms with van der Waals surface area (Å²) in [4.78, 5) is 0. The molecule has 3 heterocycles. The van der Waals surface area contributed by atoms with Gasteiger partial charge in [-0.15, -0.1) is 8.20 Å². The summed E-state index contributed by atoms with van der Waals surface area (Å²) < 4.78 is 3.12. The summed E-state index contributed by atoms with van der Waals surface area (Å²) in [7, 11) is 0.306. The topological polar surface area (TPSA) is 0 Å². The molecule has 2 aliphatic carbocycles. The van der Waals surface area contributed by atoms with Gasteiger partial charge in [-0.3, -0.25) is 0 Å². The second-order valence-corrected chi connectivity index (χ2v) is 24.4. The molecular weight excluding hydrogens is 274 g/mol. The van der Waals surface area contributed by atoms with Crippen molar-refractivity contribution >= 4 is 36.9 Å². The minimum absolute atomic E-state index is 0.361. The fourth-order valence-corrected chi connectivity index (χ4v) is 25.7. The van der Waals surface area contributed by atoms with Crippen molar-refractivity contribution in [3.8, 4) is 0 Å². The molecule has 6 atom stereocenters. The van der Waals surface area contributed by atoms with Crippen molar-refractivity contribution in [2.75, 3.05) is 0 Å². The molecule has 5 aliphatic rings. The molecule has 2 saturated carbocycles. The van der Waals surface area contributed by atoms with E-state index < -0.39 is 16.1 Å². The molecule has 5 rings (SSSR count). The van der Waals surface area contributed by atoms with Crippen LogP contribution in [-0.4, -0.2) is 36.9 Å². The van der Waals surface area contributed by atoms with Crippen molar-refractivity contribution in [3.63, 3.8) is 0 Å². The van der Waals surface area contributed by atoms with Gasteiger partial charge in [0.25, 0.3) is 0 Å². The fraction of sp³-hybridized carbons (Fsp3) is 0.923. The van der Waals surface area contributed by atoms with Gasteiger partial charge in [0.05, 0.1) is 16.1 Å². The van der Waals surface area contributed by atoms with Crippen molar-refractivity contribution in [3.05, 3.63) is 0 Å². The molecule has 3 aliphatic heterocycles.